The monoisotopic (exact) mass is 417 g/mol. The lowest BCUT2D eigenvalue weighted by Crippen LogP contribution is -2.42. The van der Waals surface area contributed by atoms with Crippen LogP contribution >= 0.6 is 0 Å². The van der Waals surface area contributed by atoms with Crippen LogP contribution in [0.1, 0.15) is 27.8 Å². The van der Waals surface area contributed by atoms with E-state index < -0.39 is 15.9 Å². The van der Waals surface area contributed by atoms with Crippen molar-refractivity contribution in [2.45, 2.75) is 11.9 Å². The molecule has 1 aliphatic rings. The molecule has 152 valence electrons. The number of furan rings is 1. The van der Waals surface area contributed by atoms with Crippen LogP contribution in [0, 0.1) is 5.82 Å². The average Bonchev–Trinajstić information content (AvgIpc) is 3.05. The Morgan fingerprint density at radius 1 is 1.17 bits per heavy atom. The molecule has 1 aromatic heterocycles. The smallest absolute Gasteiger partial charge is 0.290 e. The van der Waals surface area contributed by atoms with Gasteiger partial charge in [0.1, 0.15) is 17.5 Å². The quantitative estimate of drug-likeness (QED) is 0.651. The molecule has 1 atom stereocenters. The Morgan fingerprint density at radius 2 is 1.90 bits per heavy atom. The van der Waals surface area contributed by atoms with Crippen LogP contribution in [0.25, 0.3) is 11.0 Å². The van der Waals surface area contributed by atoms with Gasteiger partial charge in [-0.1, -0.05) is 30.3 Å². The molecule has 0 bridgehead atoms. The number of hydrogen-bond donors (Lipinski definition) is 0. The van der Waals surface area contributed by atoms with E-state index in [9.17, 15) is 17.6 Å². The Hall–Kier alpha value is -2.71. The highest BCUT2D eigenvalue weighted by Gasteiger charge is 2.31. The fraction of sp³-hybridized carbons (Fsp3) is 0.286. The van der Waals surface area contributed by atoms with Crippen LogP contribution in [0.15, 0.2) is 52.9 Å². The Labute approximate surface area is 167 Å². The first-order valence-corrected chi connectivity index (χ1v) is 11.2. The lowest BCUT2D eigenvalue weighted by Gasteiger charge is -2.32. The van der Waals surface area contributed by atoms with Gasteiger partial charge in [0.15, 0.2) is 15.6 Å². The van der Waals surface area contributed by atoms with Gasteiger partial charge in [0, 0.05) is 23.8 Å². The number of nitrogens with zero attached hydrogens (tertiary/aromatic N) is 1. The number of ether oxygens (including phenoxy) is 1. The molecule has 1 amide bonds. The number of amides is 1. The van der Waals surface area contributed by atoms with Gasteiger partial charge >= 0.3 is 0 Å². The Balaban J connectivity index is 1.66. The Kier molecular flexibility index (Phi) is 5.14. The number of fused-ring (bicyclic) bond motifs is 1. The van der Waals surface area contributed by atoms with Crippen LogP contribution in [0.5, 0.6) is 0 Å². The molecule has 0 N–H and O–H groups in total. The zero-order valence-corrected chi connectivity index (χ0v) is 16.6. The molecular formula is C21H20FNO5S. The summed E-state index contributed by atoms with van der Waals surface area (Å²) in [5.74, 6) is -0.964. The first-order chi connectivity index (χ1) is 13.8. The fourth-order valence-electron chi connectivity index (χ4n) is 3.53. The van der Waals surface area contributed by atoms with Crippen LogP contribution in [-0.2, 0) is 20.3 Å². The molecule has 8 heteroatoms. The van der Waals surface area contributed by atoms with Crippen LogP contribution < -0.4 is 0 Å². The largest absolute Gasteiger partial charge is 0.451 e. The van der Waals surface area contributed by atoms with Gasteiger partial charge in [-0.15, -0.1) is 0 Å². The number of benzene rings is 2. The molecule has 1 fully saturated rings. The highest BCUT2D eigenvalue weighted by molar-refractivity contribution is 7.89. The summed E-state index contributed by atoms with van der Waals surface area (Å²) in [5, 5.41) is 0.615. The fourth-order valence-corrected chi connectivity index (χ4v) is 4.34. The summed E-state index contributed by atoms with van der Waals surface area (Å²) in [4.78, 5) is 14.8. The van der Waals surface area contributed by atoms with Gasteiger partial charge in [-0.2, -0.15) is 0 Å². The molecule has 29 heavy (non-hydrogen) atoms. The number of rotatable bonds is 4. The van der Waals surface area contributed by atoms with Crippen molar-refractivity contribution in [3.05, 3.63) is 71.2 Å². The van der Waals surface area contributed by atoms with E-state index in [1.165, 1.54) is 12.1 Å². The number of sulfone groups is 1. The van der Waals surface area contributed by atoms with Crippen molar-refractivity contribution in [1.82, 2.24) is 4.90 Å². The van der Waals surface area contributed by atoms with E-state index in [1.807, 2.05) is 0 Å². The number of carbonyl (C=O) groups is 1. The minimum Gasteiger partial charge on any atom is -0.451 e. The van der Waals surface area contributed by atoms with Gasteiger partial charge < -0.3 is 14.1 Å². The van der Waals surface area contributed by atoms with Crippen molar-refractivity contribution in [3.8, 4) is 0 Å². The highest BCUT2D eigenvalue weighted by atomic mass is 32.2. The third-order valence-corrected chi connectivity index (χ3v) is 5.71. The SMILES string of the molecule is CS(=O)(=O)Cc1c(C(=O)N2CCOC(c3ccc(F)cc3)C2)oc2ccccc12. The second kappa shape index (κ2) is 7.61. The molecule has 0 spiro atoms. The molecule has 2 aromatic carbocycles. The number of halogens is 1. The third kappa shape index (κ3) is 4.18. The standard InChI is InChI=1S/C21H20FNO5S/c1-29(25,26)13-17-16-4-2-3-5-18(16)28-20(17)21(24)23-10-11-27-19(12-23)14-6-8-15(22)9-7-14/h2-9,19H,10-13H2,1H3. The summed E-state index contributed by atoms with van der Waals surface area (Å²) in [6, 6.07) is 13.0. The van der Waals surface area contributed by atoms with Crippen molar-refractivity contribution in [2.24, 2.45) is 0 Å². The van der Waals surface area contributed by atoms with Gasteiger partial charge in [0.05, 0.1) is 18.9 Å². The predicted octanol–water partition coefficient (Wildman–Crippen LogP) is 3.33. The average molecular weight is 417 g/mol. The van der Waals surface area contributed by atoms with E-state index in [0.29, 0.717) is 29.7 Å². The molecule has 2 heterocycles. The van der Waals surface area contributed by atoms with Crippen molar-refractivity contribution >= 4 is 26.7 Å². The number of para-hydroxylation sites is 1. The molecule has 0 aliphatic carbocycles. The summed E-state index contributed by atoms with van der Waals surface area (Å²) >= 11 is 0. The van der Waals surface area contributed by atoms with Gasteiger partial charge in [-0.25, -0.2) is 12.8 Å². The lowest BCUT2D eigenvalue weighted by molar-refractivity contribution is -0.0237. The molecule has 1 unspecified atom stereocenters. The van der Waals surface area contributed by atoms with Crippen LogP contribution in [-0.4, -0.2) is 45.2 Å². The first-order valence-electron chi connectivity index (χ1n) is 9.16. The van der Waals surface area contributed by atoms with Crippen LogP contribution in [0.2, 0.25) is 0 Å². The maximum absolute atomic E-state index is 13.2. The minimum absolute atomic E-state index is 0.0383. The summed E-state index contributed by atoms with van der Waals surface area (Å²) < 4.78 is 48.6. The van der Waals surface area contributed by atoms with Crippen molar-refractivity contribution in [2.75, 3.05) is 26.0 Å². The number of hydrogen-bond acceptors (Lipinski definition) is 5. The van der Waals surface area contributed by atoms with Crippen molar-refractivity contribution in [3.63, 3.8) is 0 Å². The third-order valence-electron chi connectivity index (χ3n) is 4.89. The molecule has 4 rings (SSSR count). The van der Waals surface area contributed by atoms with E-state index in [4.69, 9.17) is 9.15 Å². The van der Waals surface area contributed by atoms with Crippen molar-refractivity contribution in [1.29, 1.82) is 0 Å². The summed E-state index contributed by atoms with van der Waals surface area (Å²) in [7, 11) is -3.37. The molecule has 0 radical (unpaired) electrons. The second-order valence-electron chi connectivity index (χ2n) is 7.14. The topological polar surface area (TPSA) is 76.8 Å². The van der Waals surface area contributed by atoms with E-state index in [1.54, 1.807) is 41.3 Å². The Bertz CT molecular complexity index is 1150. The van der Waals surface area contributed by atoms with E-state index in [2.05, 4.69) is 0 Å². The van der Waals surface area contributed by atoms with Gasteiger partial charge in [-0.05, 0) is 23.8 Å². The maximum Gasteiger partial charge on any atom is 0.290 e. The summed E-state index contributed by atoms with van der Waals surface area (Å²) in [6.45, 7) is 0.932. The summed E-state index contributed by atoms with van der Waals surface area (Å²) in [6.07, 6.45) is 0.735. The van der Waals surface area contributed by atoms with Gasteiger partial charge in [0.2, 0.25) is 0 Å². The van der Waals surface area contributed by atoms with E-state index in [0.717, 1.165) is 11.8 Å². The first kappa shape index (κ1) is 19.6. The molecular weight excluding hydrogens is 397 g/mol. The predicted molar refractivity (Wildman–Crippen MR) is 106 cm³/mol. The van der Waals surface area contributed by atoms with E-state index >= 15 is 0 Å². The maximum atomic E-state index is 13.2. The van der Waals surface area contributed by atoms with E-state index in [-0.39, 0.29) is 29.8 Å². The normalized spacial score (nSPS) is 17.6. The summed E-state index contributed by atoms with van der Waals surface area (Å²) in [5.41, 5.74) is 1.61. The molecule has 0 saturated carbocycles. The lowest BCUT2D eigenvalue weighted by atomic mass is 10.1. The van der Waals surface area contributed by atoms with Crippen molar-refractivity contribution < 1.29 is 26.8 Å². The van der Waals surface area contributed by atoms with Gasteiger partial charge in [-0.3, -0.25) is 4.79 Å². The zero-order chi connectivity index (χ0) is 20.6. The molecule has 1 aliphatic heterocycles. The van der Waals surface area contributed by atoms with Gasteiger partial charge in [0.25, 0.3) is 5.91 Å². The molecule has 6 nitrogen and oxygen atoms in total. The zero-order valence-electron chi connectivity index (χ0n) is 15.8. The molecule has 1 saturated heterocycles. The van der Waals surface area contributed by atoms with Crippen LogP contribution in [0.3, 0.4) is 0 Å². The Morgan fingerprint density at radius 3 is 2.62 bits per heavy atom. The molecule has 3 aromatic rings. The number of morpholine rings is 1. The highest BCUT2D eigenvalue weighted by Crippen LogP contribution is 2.30. The minimum atomic E-state index is -3.37. The van der Waals surface area contributed by atoms with Crippen LogP contribution in [0.4, 0.5) is 4.39 Å². The second-order valence-corrected chi connectivity index (χ2v) is 9.28. The number of carbonyl (C=O) groups excluding carboxylic acids is 1.